The van der Waals surface area contributed by atoms with E-state index in [1.165, 1.54) is 21.4 Å². The summed E-state index contributed by atoms with van der Waals surface area (Å²) in [6.07, 6.45) is 1.78. The summed E-state index contributed by atoms with van der Waals surface area (Å²) < 4.78 is 12.6. The Hall–Kier alpha value is -3.19. The zero-order chi connectivity index (χ0) is 21.5. The number of thiazole rings is 1. The molecule has 0 amide bonds. The standard InChI is InChI=1S/C23H23N3O3S/c1-23(2,3)16-8-6-14(7-9-16)20-24-22-26(25-20)21(27)19(30-22)13-15-12-17(28-4)10-11-18(15)29-5/h6-13H,1-5H3. The summed E-state index contributed by atoms with van der Waals surface area (Å²) in [4.78, 5) is 18.0. The van der Waals surface area contributed by atoms with E-state index in [2.05, 4.69) is 43.0 Å². The molecule has 0 aliphatic carbocycles. The minimum absolute atomic E-state index is 0.0780. The Balaban J connectivity index is 1.75. The Labute approximate surface area is 178 Å². The monoisotopic (exact) mass is 421 g/mol. The summed E-state index contributed by atoms with van der Waals surface area (Å²) in [5, 5.41) is 4.44. The highest BCUT2D eigenvalue weighted by Crippen LogP contribution is 2.26. The van der Waals surface area contributed by atoms with Crippen molar-refractivity contribution in [2.75, 3.05) is 14.2 Å². The number of fused-ring (bicyclic) bond motifs is 1. The summed E-state index contributed by atoms with van der Waals surface area (Å²) in [5.41, 5.74) is 2.76. The van der Waals surface area contributed by atoms with E-state index >= 15 is 0 Å². The molecule has 2 heterocycles. The number of nitrogens with zero attached hydrogens (tertiary/aromatic N) is 3. The fraction of sp³-hybridized carbons (Fsp3) is 0.261. The van der Waals surface area contributed by atoms with Crippen molar-refractivity contribution in [1.82, 2.24) is 14.6 Å². The lowest BCUT2D eigenvalue weighted by molar-refractivity contribution is 0.402. The van der Waals surface area contributed by atoms with E-state index < -0.39 is 0 Å². The van der Waals surface area contributed by atoms with Crippen molar-refractivity contribution in [2.24, 2.45) is 0 Å². The van der Waals surface area contributed by atoms with Crippen LogP contribution in [0.5, 0.6) is 11.5 Å². The lowest BCUT2D eigenvalue weighted by atomic mass is 9.87. The summed E-state index contributed by atoms with van der Waals surface area (Å²) in [5.74, 6) is 1.90. The second kappa shape index (κ2) is 7.57. The minimum atomic E-state index is -0.204. The van der Waals surface area contributed by atoms with E-state index in [1.54, 1.807) is 20.3 Å². The lowest BCUT2D eigenvalue weighted by Gasteiger charge is -2.18. The highest BCUT2D eigenvalue weighted by molar-refractivity contribution is 7.15. The Morgan fingerprint density at radius 3 is 2.37 bits per heavy atom. The van der Waals surface area contributed by atoms with Gasteiger partial charge >= 0.3 is 0 Å². The van der Waals surface area contributed by atoms with E-state index in [1.807, 2.05) is 30.3 Å². The molecule has 0 unspecified atom stereocenters. The van der Waals surface area contributed by atoms with Crippen molar-refractivity contribution < 1.29 is 9.47 Å². The molecule has 0 N–H and O–H groups in total. The summed E-state index contributed by atoms with van der Waals surface area (Å²) >= 11 is 1.30. The number of hydrogen-bond donors (Lipinski definition) is 0. The third kappa shape index (κ3) is 3.68. The predicted molar refractivity (Wildman–Crippen MR) is 120 cm³/mol. The molecule has 2 aromatic heterocycles. The first-order valence-corrected chi connectivity index (χ1v) is 10.4. The number of methoxy groups -OCH3 is 2. The molecule has 4 aromatic rings. The Bertz CT molecular complexity index is 1310. The zero-order valence-electron chi connectivity index (χ0n) is 17.6. The number of aromatic nitrogens is 3. The van der Waals surface area contributed by atoms with Crippen LogP contribution in [0, 0.1) is 0 Å². The first-order valence-electron chi connectivity index (χ1n) is 9.54. The fourth-order valence-corrected chi connectivity index (χ4v) is 4.07. The van der Waals surface area contributed by atoms with Crippen molar-refractivity contribution in [3.63, 3.8) is 0 Å². The molecule has 2 aromatic carbocycles. The van der Waals surface area contributed by atoms with Crippen LogP contribution < -0.4 is 19.6 Å². The molecule has 0 aliphatic heterocycles. The normalized spacial score (nSPS) is 12.5. The van der Waals surface area contributed by atoms with Crippen molar-refractivity contribution in [2.45, 2.75) is 26.2 Å². The second-order valence-electron chi connectivity index (χ2n) is 7.98. The number of ether oxygens (including phenoxy) is 2. The van der Waals surface area contributed by atoms with Crippen LogP contribution in [0.3, 0.4) is 0 Å². The van der Waals surface area contributed by atoms with Gasteiger partial charge in [0, 0.05) is 11.1 Å². The highest BCUT2D eigenvalue weighted by Gasteiger charge is 2.16. The molecule has 0 radical (unpaired) electrons. The number of benzene rings is 2. The van der Waals surface area contributed by atoms with E-state index in [9.17, 15) is 4.79 Å². The van der Waals surface area contributed by atoms with Gasteiger partial charge in [-0.05, 0) is 35.3 Å². The molecule has 0 aliphatic rings. The molecule has 0 spiro atoms. The van der Waals surface area contributed by atoms with E-state index in [0.717, 1.165) is 11.1 Å². The van der Waals surface area contributed by atoms with Gasteiger partial charge in [-0.1, -0.05) is 56.4 Å². The van der Waals surface area contributed by atoms with Gasteiger partial charge in [0.1, 0.15) is 11.5 Å². The SMILES string of the molecule is COc1ccc(OC)c(C=c2sc3nc(-c4ccc(C(C)(C)C)cc4)nn3c2=O)c1. The van der Waals surface area contributed by atoms with Gasteiger partial charge in [-0.15, -0.1) is 5.10 Å². The van der Waals surface area contributed by atoms with Gasteiger partial charge in [-0.3, -0.25) is 4.79 Å². The molecular weight excluding hydrogens is 398 g/mol. The average Bonchev–Trinajstić information content (AvgIpc) is 3.27. The van der Waals surface area contributed by atoms with Crippen LogP contribution in [-0.2, 0) is 5.41 Å². The third-order valence-corrected chi connectivity index (χ3v) is 5.87. The maximum atomic E-state index is 12.9. The lowest BCUT2D eigenvalue weighted by Crippen LogP contribution is -2.23. The number of hydrogen-bond acceptors (Lipinski definition) is 6. The van der Waals surface area contributed by atoms with Gasteiger partial charge < -0.3 is 9.47 Å². The fourth-order valence-electron chi connectivity index (χ4n) is 3.17. The van der Waals surface area contributed by atoms with Crippen molar-refractivity contribution in [3.05, 3.63) is 68.5 Å². The summed E-state index contributed by atoms with van der Waals surface area (Å²) in [6.45, 7) is 6.52. The summed E-state index contributed by atoms with van der Waals surface area (Å²) in [6, 6.07) is 13.6. The van der Waals surface area contributed by atoms with Gasteiger partial charge in [0.2, 0.25) is 4.96 Å². The average molecular weight is 422 g/mol. The van der Waals surface area contributed by atoms with Crippen LogP contribution in [0.4, 0.5) is 0 Å². The molecule has 6 nitrogen and oxygen atoms in total. The van der Waals surface area contributed by atoms with Crippen LogP contribution in [0.25, 0.3) is 22.4 Å². The van der Waals surface area contributed by atoms with Crippen LogP contribution in [0.15, 0.2) is 47.3 Å². The van der Waals surface area contributed by atoms with E-state index in [4.69, 9.17) is 9.47 Å². The Kier molecular flexibility index (Phi) is 5.07. The quantitative estimate of drug-likeness (QED) is 0.503. The Morgan fingerprint density at radius 1 is 1.03 bits per heavy atom. The van der Waals surface area contributed by atoms with E-state index in [-0.39, 0.29) is 11.0 Å². The molecule has 154 valence electrons. The van der Waals surface area contributed by atoms with Crippen molar-refractivity contribution in [1.29, 1.82) is 0 Å². The molecule has 30 heavy (non-hydrogen) atoms. The molecule has 0 atom stereocenters. The third-order valence-electron chi connectivity index (χ3n) is 4.91. The molecule has 0 saturated carbocycles. The maximum Gasteiger partial charge on any atom is 0.291 e. The first-order chi connectivity index (χ1) is 14.3. The molecular formula is C23H23N3O3S. The Morgan fingerprint density at radius 2 is 1.77 bits per heavy atom. The van der Waals surface area contributed by atoms with Crippen LogP contribution in [0.2, 0.25) is 0 Å². The van der Waals surface area contributed by atoms with Gasteiger partial charge in [0.05, 0.1) is 18.8 Å². The molecule has 7 heteroatoms. The molecule has 0 bridgehead atoms. The summed E-state index contributed by atoms with van der Waals surface area (Å²) in [7, 11) is 3.19. The topological polar surface area (TPSA) is 65.7 Å². The second-order valence-corrected chi connectivity index (χ2v) is 8.99. The molecule has 0 fully saturated rings. The van der Waals surface area contributed by atoms with Gasteiger partial charge in [-0.2, -0.15) is 9.50 Å². The van der Waals surface area contributed by atoms with Crippen LogP contribution >= 0.6 is 11.3 Å². The first kappa shape index (κ1) is 20.1. The maximum absolute atomic E-state index is 12.9. The minimum Gasteiger partial charge on any atom is -0.497 e. The highest BCUT2D eigenvalue weighted by atomic mass is 32.1. The molecule has 0 saturated heterocycles. The zero-order valence-corrected chi connectivity index (χ0v) is 18.4. The van der Waals surface area contributed by atoms with Crippen molar-refractivity contribution in [3.8, 4) is 22.9 Å². The van der Waals surface area contributed by atoms with E-state index in [0.29, 0.717) is 26.8 Å². The smallest absolute Gasteiger partial charge is 0.291 e. The molecule has 4 rings (SSSR count). The van der Waals surface area contributed by atoms with Gasteiger partial charge in [0.25, 0.3) is 5.56 Å². The predicted octanol–water partition coefficient (Wildman–Crippen LogP) is 3.68. The number of rotatable bonds is 4. The van der Waals surface area contributed by atoms with Gasteiger partial charge in [-0.25, -0.2) is 0 Å². The van der Waals surface area contributed by atoms with Crippen molar-refractivity contribution >= 4 is 22.4 Å². The van der Waals surface area contributed by atoms with Crippen LogP contribution in [0.1, 0.15) is 31.9 Å². The van der Waals surface area contributed by atoms with Gasteiger partial charge in [0.15, 0.2) is 5.82 Å². The largest absolute Gasteiger partial charge is 0.497 e. The van der Waals surface area contributed by atoms with Crippen LogP contribution in [-0.4, -0.2) is 28.8 Å².